The minimum Gasteiger partial charge on any atom is -0.380 e. The molecule has 6 nitrogen and oxygen atoms in total. The lowest BCUT2D eigenvalue weighted by Gasteiger charge is -2.47. The first-order chi connectivity index (χ1) is 18.6. The van der Waals surface area contributed by atoms with E-state index >= 15 is 0 Å². The number of hydrogen-bond donors (Lipinski definition) is 1. The van der Waals surface area contributed by atoms with Gasteiger partial charge in [-0.05, 0) is 98.9 Å². The zero-order valence-corrected chi connectivity index (χ0v) is 22.6. The molecule has 0 bridgehead atoms. The van der Waals surface area contributed by atoms with Crippen LogP contribution in [0.3, 0.4) is 0 Å². The highest BCUT2D eigenvalue weighted by atomic mass is 32.2. The van der Waals surface area contributed by atoms with Gasteiger partial charge in [0.2, 0.25) is 0 Å². The summed E-state index contributed by atoms with van der Waals surface area (Å²) >= 11 is 1.78. The van der Waals surface area contributed by atoms with Crippen molar-refractivity contribution in [3.8, 4) is 0 Å². The van der Waals surface area contributed by atoms with E-state index in [0.717, 1.165) is 67.7 Å². The molecule has 2 unspecified atom stereocenters. The third kappa shape index (κ3) is 5.87. The smallest absolute Gasteiger partial charge is 0.128 e. The van der Waals surface area contributed by atoms with Crippen LogP contribution in [-0.2, 0) is 4.74 Å². The van der Waals surface area contributed by atoms with Gasteiger partial charge >= 0.3 is 0 Å². The zero-order chi connectivity index (χ0) is 26.0. The van der Waals surface area contributed by atoms with Gasteiger partial charge in [-0.3, -0.25) is 4.99 Å². The Balaban J connectivity index is 1.21. The molecule has 2 aliphatic carbocycles. The predicted molar refractivity (Wildman–Crippen MR) is 152 cm³/mol. The van der Waals surface area contributed by atoms with Crippen LogP contribution in [-0.4, -0.2) is 60.6 Å². The average molecular weight is 534 g/mol. The molecule has 1 aromatic carbocycles. The Morgan fingerprint density at radius 1 is 1.13 bits per heavy atom. The highest BCUT2D eigenvalue weighted by Gasteiger charge is 2.45. The fraction of sp³-hybridized carbons (Fsp3) is 0.500. The highest BCUT2D eigenvalue weighted by Crippen LogP contribution is 2.47. The number of nitrogens with one attached hydrogen (secondary N) is 1. The molecule has 6 rings (SSSR count). The van der Waals surface area contributed by atoms with Crippen LogP contribution in [0.5, 0.6) is 0 Å². The third-order valence-corrected chi connectivity index (χ3v) is 9.23. The number of nitrogens with zero attached hydrogens (tertiary/aromatic N) is 4. The van der Waals surface area contributed by atoms with E-state index in [1.54, 1.807) is 24.1 Å². The Morgan fingerprint density at radius 2 is 1.95 bits per heavy atom. The van der Waals surface area contributed by atoms with E-state index in [2.05, 4.69) is 27.4 Å². The summed E-state index contributed by atoms with van der Waals surface area (Å²) in [6.45, 7) is 5.52. The summed E-state index contributed by atoms with van der Waals surface area (Å²) in [6.07, 6.45) is 12.5. The Labute approximate surface area is 229 Å². The number of aromatic nitrogens is 1. The van der Waals surface area contributed by atoms with Crippen molar-refractivity contribution in [2.24, 2.45) is 22.2 Å². The summed E-state index contributed by atoms with van der Waals surface area (Å²) in [5.74, 6) is 1.43. The van der Waals surface area contributed by atoms with Gasteiger partial charge in [-0.2, -0.15) is 0 Å². The fourth-order valence-corrected chi connectivity index (χ4v) is 6.90. The van der Waals surface area contributed by atoms with Crippen molar-refractivity contribution in [1.82, 2.24) is 9.29 Å². The normalized spacial score (nSPS) is 26.9. The Bertz CT molecular complexity index is 1190. The van der Waals surface area contributed by atoms with E-state index in [9.17, 15) is 4.39 Å². The van der Waals surface area contributed by atoms with Gasteiger partial charge in [0.1, 0.15) is 11.6 Å². The minimum atomic E-state index is -0.267. The number of ether oxygens (including phenoxy) is 1. The Morgan fingerprint density at radius 3 is 2.66 bits per heavy atom. The molecule has 8 heteroatoms. The first-order valence-corrected chi connectivity index (χ1v) is 14.6. The number of allylic oxidation sites excluding steroid dienone is 1. The number of halogens is 1. The van der Waals surface area contributed by atoms with Crippen LogP contribution < -0.4 is 4.90 Å². The van der Waals surface area contributed by atoms with E-state index in [4.69, 9.17) is 20.1 Å². The quantitative estimate of drug-likeness (QED) is 0.302. The molecule has 200 valence electrons. The number of fused-ring (bicyclic) bond motifs is 1. The predicted octanol–water partition coefficient (Wildman–Crippen LogP) is 6.32. The maximum Gasteiger partial charge on any atom is 0.128 e. The fourth-order valence-electron chi connectivity index (χ4n) is 5.87. The molecule has 2 aromatic rings. The third-order valence-electron chi connectivity index (χ3n) is 8.20. The number of benzene rings is 1. The molecule has 0 spiro atoms. The number of hydrogen-bond acceptors (Lipinski definition) is 7. The largest absolute Gasteiger partial charge is 0.380 e. The van der Waals surface area contributed by atoms with Gasteiger partial charge in [0.05, 0.1) is 12.3 Å². The summed E-state index contributed by atoms with van der Waals surface area (Å²) in [6, 6.07) is 10.6. The van der Waals surface area contributed by atoms with E-state index in [0.29, 0.717) is 12.5 Å². The van der Waals surface area contributed by atoms with Gasteiger partial charge in [-0.15, -0.1) is 0 Å². The van der Waals surface area contributed by atoms with Gasteiger partial charge in [0.15, 0.2) is 0 Å². The zero-order valence-electron chi connectivity index (χ0n) is 21.8. The van der Waals surface area contributed by atoms with Gasteiger partial charge in [0, 0.05) is 67.1 Å². The summed E-state index contributed by atoms with van der Waals surface area (Å²) in [5.41, 5.74) is 2.84. The van der Waals surface area contributed by atoms with Crippen molar-refractivity contribution in [1.29, 1.82) is 5.41 Å². The molecule has 2 atom stereocenters. The Kier molecular flexibility index (Phi) is 7.63. The van der Waals surface area contributed by atoms with Crippen molar-refractivity contribution in [2.75, 3.05) is 44.3 Å². The number of anilines is 1. The van der Waals surface area contributed by atoms with Gasteiger partial charge in [-0.1, -0.05) is 5.57 Å². The summed E-state index contributed by atoms with van der Waals surface area (Å²) in [7, 11) is 0. The van der Waals surface area contributed by atoms with Crippen LogP contribution in [0.1, 0.15) is 38.5 Å². The maximum atomic E-state index is 13.4. The van der Waals surface area contributed by atoms with Crippen molar-refractivity contribution < 1.29 is 9.13 Å². The minimum absolute atomic E-state index is 0.0975. The first-order valence-electron chi connectivity index (χ1n) is 13.9. The van der Waals surface area contributed by atoms with Crippen LogP contribution in [0.15, 0.2) is 64.1 Å². The summed E-state index contributed by atoms with van der Waals surface area (Å²) in [5, 5.41) is 8.23. The lowest BCUT2D eigenvalue weighted by atomic mass is 9.66. The molecule has 3 fully saturated rings. The average Bonchev–Trinajstić information content (AvgIpc) is 3.59. The monoisotopic (exact) mass is 533 g/mol. The molecule has 1 N–H and O–H groups in total. The SMILES string of the molecule is N=CC1CC2(COCC3CC3)CN(Sc3ccc(N4CCCC4)nc3)CCC2=CC1=Nc1ccc(F)cc1. The van der Waals surface area contributed by atoms with Crippen molar-refractivity contribution in [2.45, 2.75) is 43.4 Å². The topological polar surface area (TPSA) is 64.8 Å². The van der Waals surface area contributed by atoms with Crippen molar-refractivity contribution in [3.05, 3.63) is 60.1 Å². The molecule has 1 aromatic heterocycles. The van der Waals surface area contributed by atoms with Gasteiger partial charge in [-0.25, -0.2) is 13.7 Å². The lowest BCUT2D eigenvalue weighted by Crippen LogP contribution is -2.49. The standard InChI is InChI=1S/C30H36FN5OS/c31-25-5-7-26(8-6-25)34-28-15-24-11-14-36(38-27-9-10-29(33-18-27)35-12-1-2-13-35)20-30(24,16-23(28)17-32)21-37-19-22-3-4-22/h5-10,15,17-18,22-23,32H,1-4,11-14,16,19-21H2. The van der Waals surface area contributed by atoms with Crippen LogP contribution in [0.25, 0.3) is 0 Å². The van der Waals surface area contributed by atoms with E-state index in [1.165, 1.54) is 49.6 Å². The molecule has 1 saturated carbocycles. The molecule has 4 aliphatic rings. The molecule has 3 heterocycles. The maximum absolute atomic E-state index is 13.4. The number of rotatable bonds is 9. The molecular formula is C30H36FN5OS. The second kappa shape index (κ2) is 11.3. The van der Waals surface area contributed by atoms with Crippen LogP contribution in [0.4, 0.5) is 15.9 Å². The highest BCUT2D eigenvalue weighted by molar-refractivity contribution is 7.97. The second-order valence-electron chi connectivity index (χ2n) is 11.1. The molecule has 38 heavy (non-hydrogen) atoms. The van der Waals surface area contributed by atoms with Crippen LogP contribution >= 0.6 is 11.9 Å². The van der Waals surface area contributed by atoms with E-state index in [1.807, 2.05) is 6.20 Å². The molecule has 2 saturated heterocycles. The van der Waals surface area contributed by atoms with Gasteiger partial charge in [0.25, 0.3) is 0 Å². The molecular weight excluding hydrogens is 497 g/mol. The van der Waals surface area contributed by atoms with E-state index < -0.39 is 0 Å². The number of piperidine rings is 1. The van der Waals surface area contributed by atoms with Crippen molar-refractivity contribution >= 4 is 35.4 Å². The molecule has 0 amide bonds. The molecule has 2 aliphatic heterocycles. The summed E-state index contributed by atoms with van der Waals surface area (Å²) < 4.78 is 22.2. The number of aliphatic imine (C=N–C) groups is 1. The number of pyridine rings is 1. The van der Waals surface area contributed by atoms with E-state index in [-0.39, 0.29) is 17.2 Å². The Hall–Kier alpha value is -2.55. The first kappa shape index (κ1) is 25.7. The van der Waals surface area contributed by atoms with Crippen molar-refractivity contribution in [3.63, 3.8) is 0 Å². The summed E-state index contributed by atoms with van der Waals surface area (Å²) in [4.78, 5) is 13.1. The lowest BCUT2D eigenvalue weighted by molar-refractivity contribution is 0.0303. The van der Waals surface area contributed by atoms with Crippen LogP contribution in [0, 0.1) is 28.5 Å². The van der Waals surface area contributed by atoms with Gasteiger partial charge < -0.3 is 15.0 Å². The van der Waals surface area contributed by atoms with Crippen LogP contribution in [0.2, 0.25) is 0 Å². The molecule has 0 radical (unpaired) electrons. The second-order valence-corrected chi connectivity index (χ2v) is 12.3.